The Morgan fingerprint density at radius 3 is 2.65 bits per heavy atom. The summed E-state index contributed by atoms with van der Waals surface area (Å²) in [5, 5.41) is 12.5. The van der Waals surface area contributed by atoms with Crippen molar-refractivity contribution < 1.29 is 9.47 Å². The summed E-state index contributed by atoms with van der Waals surface area (Å²) >= 11 is 0. The van der Waals surface area contributed by atoms with Crippen molar-refractivity contribution in [3.63, 3.8) is 0 Å². The summed E-state index contributed by atoms with van der Waals surface area (Å²) in [5.74, 6) is 1.41. The van der Waals surface area contributed by atoms with E-state index in [1.807, 2.05) is 12.1 Å². The van der Waals surface area contributed by atoms with Crippen LogP contribution in [-0.2, 0) is 0 Å². The van der Waals surface area contributed by atoms with Gasteiger partial charge in [-0.05, 0) is 25.0 Å². The third-order valence-electron chi connectivity index (χ3n) is 2.86. The van der Waals surface area contributed by atoms with E-state index in [4.69, 9.17) is 9.47 Å². The zero-order chi connectivity index (χ0) is 12.3. The summed E-state index contributed by atoms with van der Waals surface area (Å²) in [6, 6.07) is 7.95. The second kappa shape index (κ2) is 5.07. The van der Waals surface area contributed by atoms with Crippen molar-refractivity contribution in [1.29, 1.82) is 5.26 Å². The molecule has 1 N–H and O–H groups in total. The zero-order valence-corrected chi connectivity index (χ0v) is 10.1. The highest BCUT2D eigenvalue weighted by atomic mass is 16.5. The van der Waals surface area contributed by atoms with Crippen LogP contribution in [0.5, 0.6) is 11.5 Å². The maximum Gasteiger partial charge on any atom is 0.128 e. The van der Waals surface area contributed by atoms with E-state index in [9.17, 15) is 5.26 Å². The number of ether oxygens (including phenoxy) is 2. The van der Waals surface area contributed by atoms with Crippen LogP contribution in [0.15, 0.2) is 18.2 Å². The molecule has 1 aliphatic rings. The van der Waals surface area contributed by atoms with E-state index in [1.165, 1.54) is 0 Å². The number of methoxy groups -OCH3 is 2. The third-order valence-corrected chi connectivity index (χ3v) is 2.86. The standard InChI is InChI=1S/C13H16N2O2/c1-16-10-5-6-11(13(7-10)17-2)12(8-14)15-9-3-4-9/h5-7,9,12,15H,3-4H2,1-2H3. The normalized spacial score (nSPS) is 16.1. The van der Waals surface area contributed by atoms with Crippen LogP contribution in [0, 0.1) is 11.3 Å². The Balaban J connectivity index is 2.25. The average molecular weight is 232 g/mol. The van der Waals surface area contributed by atoms with Crippen molar-refractivity contribution in [2.24, 2.45) is 0 Å². The largest absolute Gasteiger partial charge is 0.497 e. The van der Waals surface area contributed by atoms with Crippen LogP contribution < -0.4 is 14.8 Å². The molecule has 0 heterocycles. The Hall–Kier alpha value is -1.73. The Morgan fingerprint density at radius 2 is 2.12 bits per heavy atom. The molecule has 1 aromatic rings. The van der Waals surface area contributed by atoms with Crippen molar-refractivity contribution in [3.05, 3.63) is 23.8 Å². The summed E-state index contributed by atoms with van der Waals surface area (Å²) in [4.78, 5) is 0. The van der Waals surface area contributed by atoms with Crippen molar-refractivity contribution in [2.75, 3.05) is 14.2 Å². The molecule has 2 rings (SSSR count). The van der Waals surface area contributed by atoms with E-state index < -0.39 is 0 Å². The number of nitrogens with one attached hydrogen (secondary N) is 1. The topological polar surface area (TPSA) is 54.3 Å². The molecular weight excluding hydrogens is 216 g/mol. The zero-order valence-electron chi connectivity index (χ0n) is 10.1. The monoisotopic (exact) mass is 232 g/mol. The van der Waals surface area contributed by atoms with Gasteiger partial charge in [-0.2, -0.15) is 5.26 Å². The number of nitriles is 1. The molecule has 0 aliphatic heterocycles. The predicted molar refractivity (Wildman–Crippen MR) is 64.1 cm³/mol. The molecule has 0 radical (unpaired) electrons. The van der Waals surface area contributed by atoms with Crippen LogP contribution in [-0.4, -0.2) is 20.3 Å². The first-order valence-electron chi connectivity index (χ1n) is 5.66. The molecule has 0 spiro atoms. The van der Waals surface area contributed by atoms with Crippen LogP contribution >= 0.6 is 0 Å². The molecule has 4 heteroatoms. The number of benzene rings is 1. The van der Waals surface area contributed by atoms with Gasteiger partial charge in [-0.1, -0.05) is 0 Å². The van der Waals surface area contributed by atoms with Gasteiger partial charge in [-0.3, -0.25) is 5.32 Å². The minimum Gasteiger partial charge on any atom is -0.497 e. The molecular formula is C13H16N2O2. The quantitative estimate of drug-likeness (QED) is 0.843. The van der Waals surface area contributed by atoms with Gasteiger partial charge in [-0.15, -0.1) is 0 Å². The lowest BCUT2D eigenvalue weighted by molar-refractivity contribution is 0.388. The van der Waals surface area contributed by atoms with Crippen LogP contribution in [0.1, 0.15) is 24.4 Å². The number of hydrogen-bond acceptors (Lipinski definition) is 4. The minimum atomic E-state index is -0.316. The molecule has 1 saturated carbocycles. The summed E-state index contributed by atoms with van der Waals surface area (Å²) in [6.07, 6.45) is 2.30. The van der Waals surface area contributed by atoms with Crippen molar-refractivity contribution in [3.8, 4) is 17.6 Å². The molecule has 0 saturated heterocycles. The fourth-order valence-electron chi connectivity index (χ4n) is 1.74. The van der Waals surface area contributed by atoms with Crippen molar-refractivity contribution in [1.82, 2.24) is 5.32 Å². The van der Waals surface area contributed by atoms with E-state index >= 15 is 0 Å². The maximum atomic E-state index is 9.20. The lowest BCUT2D eigenvalue weighted by atomic mass is 10.1. The summed E-state index contributed by atoms with van der Waals surface area (Å²) in [6.45, 7) is 0. The highest BCUT2D eigenvalue weighted by Crippen LogP contribution is 2.31. The van der Waals surface area contributed by atoms with Gasteiger partial charge in [0, 0.05) is 17.7 Å². The SMILES string of the molecule is COc1ccc(C(C#N)NC2CC2)c(OC)c1. The fraction of sp³-hybridized carbons (Fsp3) is 0.462. The van der Waals surface area contributed by atoms with E-state index in [-0.39, 0.29) is 6.04 Å². The average Bonchev–Trinajstić information content (AvgIpc) is 3.19. The van der Waals surface area contributed by atoms with E-state index in [0.29, 0.717) is 11.8 Å². The molecule has 17 heavy (non-hydrogen) atoms. The lowest BCUT2D eigenvalue weighted by Gasteiger charge is -2.15. The van der Waals surface area contributed by atoms with Gasteiger partial charge in [0.25, 0.3) is 0 Å². The first-order valence-corrected chi connectivity index (χ1v) is 5.66. The predicted octanol–water partition coefficient (Wildman–Crippen LogP) is 2.02. The summed E-state index contributed by atoms with van der Waals surface area (Å²) < 4.78 is 10.4. The molecule has 1 unspecified atom stereocenters. The van der Waals surface area contributed by atoms with E-state index in [0.717, 1.165) is 24.2 Å². The second-order valence-corrected chi connectivity index (χ2v) is 4.11. The first-order chi connectivity index (χ1) is 8.28. The summed E-state index contributed by atoms with van der Waals surface area (Å²) in [5.41, 5.74) is 0.864. The van der Waals surface area contributed by atoms with Crippen LogP contribution in [0.2, 0.25) is 0 Å². The van der Waals surface area contributed by atoms with E-state index in [1.54, 1.807) is 20.3 Å². The third kappa shape index (κ3) is 2.69. The molecule has 0 aromatic heterocycles. The van der Waals surface area contributed by atoms with Gasteiger partial charge < -0.3 is 9.47 Å². The van der Waals surface area contributed by atoms with Crippen LogP contribution in [0.25, 0.3) is 0 Å². The first kappa shape index (κ1) is 11.7. The highest BCUT2D eigenvalue weighted by Gasteiger charge is 2.26. The van der Waals surface area contributed by atoms with Crippen molar-refractivity contribution in [2.45, 2.75) is 24.9 Å². The van der Waals surface area contributed by atoms with Crippen LogP contribution in [0.3, 0.4) is 0 Å². The number of rotatable bonds is 5. The molecule has 1 aliphatic carbocycles. The molecule has 1 aromatic carbocycles. The maximum absolute atomic E-state index is 9.20. The lowest BCUT2D eigenvalue weighted by Crippen LogP contribution is -2.22. The number of hydrogen-bond donors (Lipinski definition) is 1. The highest BCUT2D eigenvalue weighted by molar-refractivity contribution is 5.44. The minimum absolute atomic E-state index is 0.316. The second-order valence-electron chi connectivity index (χ2n) is 4.11. The fourth-order valence-corrected chi connectivity index (χ4v) is 1.74. The molecule has 0 bridgehead atoms. The Kier molecular flexibility index (Phi) is 3.50. The molecule has 90 valence electrons. The van der Waals surface area contributed by atoms with Gasteiger partial charge >= 0.3 is 0 Å². The molecule has 4 nitrogen and oxygen atoms in total. The van der Waals surface area contributed by atoms with E-state index in [2.05, 4.69) is 11.4 Å². The van der Waals surface area contributed by atoms with Gasteiger partial charge in [0.15, 0.2) is 0 Å². The Labute approximate surface area is 101 Å². The van der Waals surface area contributed by atoms with Gasteiger partial charge in [0.2, 0.25) is 0 Å². The Bertz CT molecular complexity index is 436. The summed E-state index contributed by atoms with van der Waals surface area (Å²) in [7, 11) is 3.21. The number of nitrogens with zero attached hydrogens (tertiary/aromatic N) is 1. The Morgan fingerprint density at radius 1 is 1.35 bits per heavy atom. The smallest absolute Gasteiger partial charge is 0.128 e. The van der Waals surface area contributed by atoms with Gasteiger partial charge in [-0.25, -0.2) is 0 Å². The van der Waals surface area contributed by atoms with Gasteiger partial charge in [0.05, 0.1) is 20.3 Å². The van der Waals surface area contributed by atoms with Crippen LogP contribution in [0.4, 0.5) is 0 Å². The molecule has 0 amide bonds. The van der Waals surface area contributed by atoms with Gasteiger partial charge in [0.1, 0.15) is 17.5 Å². The molecule has 1 fully saturated rings. The van der Waals surface area contributed by atoms with Crippen molar-refractivity contribution >= 4 is 0 Å². The molecule has 1 atom stereocenters.